The van der Waals surface area contributed by atoms with E-state index >= 15 is 0 Å². The molecule has 2 rings (SSSR count). The van der Waals surface area contributed by atoms with E-state index in [0.29, 0.717) is 19.4 Å². The lowest BCUT2D eigenvalue weighted by molar-refractivity contribution is -0.129. The molecule has 0 aliphatic heterocycles. The Morgan fingerprint density at radius 1 is 0.958 bits per heavy atom. The Morgan fingerprint density at radius 3 is 2.17 bits per heavy atom. The van der Waals surface area contributed by atoms with Gasteiger partial charge in [0.15, 0.2) is 0 Å². The van der Waals surface area contributed by atoms with Crippen LogP contribution < -0.4 is 5.32 Å². The summed E-state index contributed by atoms with van der Waals surface area (Å²) >= 11 is 0. The molecular weight excluding hydrogens is 302 g/mol. The summed E-state index contributed by atoms with van der Waals surface area (Å²) in [5.74, 6) is -0.911. The number of hydrogen-bond donors (Lipinski definition) is 2. The average Bonchev–Trinajstić information content (AvgIpc) is 2.55. The van der Waals surface area contributed by atoms with E-state index in [1.54, 1.807) is 24.3 Å². The Bertz CT molecular complexity index is 691. The maximum Gasteiger partial charge on any atom is 0.335 e. The van der Waals surface area contributed by atoms with Crippen LogP contribution in [0.5, 0.6) is 0 Å². The molecule has 126 valence electrons. The minimum absolute atomic E-state index is 0.0218. The molecule has 2 aromatic carbocycles. The minimum atomic E-state index is -0.933. The molecule has 0 aliphatic rings. The van der Waals surface area contributed by atoms with Crippen LogP contribution in [0.25, 0.3) is 0 Å². The Balaban J connectivity index is 1.84. The van der Waals surface area contributed by atoms with Gasteiger partial charge in [-0.1, -0.05) is 56.3 Å². The van der Waals surface area contributed by atoms with E-state index in [1.165, 1.54) is 0 Å². The zero-order valence-electron chi connectivity index (χ0n) is 14.1. The molecule has 0 bridgehead atoms. The summed E-state index contributed by atoms with van der Waals surface area (Å²) in [6, 6.07) is 16.7. The number of carboxylic acids is 1. The van der Waals surface area contributed by atoms with E-state index in [9.17, 15) is 9.59 Å². The maximum absolute atomic E-state index is 12.4. The van der Waals surface area contributed by atoms with Gasteiger partial charge < -0.3 is 10.4 Å². The molecule has 4 nitrogen and oxygen atoms in total. The molecule has 0 aliphatic carbocycles. The smallest absolute Gasteiger partial charge is 0.335 e. The van der Waals surface area contributed by atoms with Gasteiger partial charge in [0.05, 0.1) is 5.56 Å². The summed E-state index contributed by atoms with van der Waals surface area (Å²) in [7, 11) is 0. The number of amides is 1. The van der Waals surface area contributed by atoms with Crippen molar-refractivity contribution in [1.82, 2.24) is 5.32 Å². The highest BCUT2D eigenvalue weighted by molar-refractivity contribution is 5.87. The van der Waals surface area contributed by atoms with E-state index in [1.807, 2.05) is 44.2 Å². The first-order chi connectivity index (χ1) is 11.4. The first-order valence-corrected chi connectivity index (χ1v) is 8.03. The Hall–Kier alpha value is -2.62. The molecule has 0 unspecified atom stereocenters. The summed E-state index contributed by atoms with van der Waals surface area (Å²) in [4.78, 5) is 23.2. The number of aromatic carboxylic acids is 1. The second-order valence-corrected chi connectivity index (χ2v) is 6.55. The lowest BCUT2D eigenvalue weighted by Crippen LogP contribution is -2.39. The van der Waals surface area contributed by atoms with Crippen molar-refractivity contribution in [2.45, 2.75) is 26.7 Å². The number of carboxylic acid groups (broad SMARTS) is 1. The first kappa shape index (κ1) is 17.7. The molecule has 0 aromatic heterocycles. The van der Waals surface area contributed by atoms with Crippen molar-refractivity contribution in [3.63, 3.8) is 0 Å². The molecular formula is C20H23NO3. The molecule has 0 saturated heterocycles. The second kappa shape index (κ2) is 7.77. The molecule has 1 amide bonds. The summed E-state index contributed by atoms with van der Waals surface area (Å²) in [6.07, 6.45) is 1.36. The van der Waals surface area contributed by atoms with Gasteiger partial charge in [-0.05, 0) is 36.1 Å². The quantitative estimate of drug-likeness (QED) is 0.821. The van der Waals surface area contributed by atoms with E-state index in [0.717, 1.165) is 11.1 Å². The molecule has 0 fully saturated rings. The van der Waals surface area contributed by atoms with E-state index in [4.69, 9.17) is 5.11 Å². The van der Waals surface area contributed by atoms with Gasteiger partial charge in [-0.15, -0.1) is 0 Å². The van der Waals surface area contributed by atoms with Crippen LogP contribution in [0.15, 0.2) is 54.6 Å². The summed E-state index contributed by atoms with van der Waals surface area (Å²) in [5, 5.41) is 11.9. The Kier molecular flexibility index (Phi) is 5.74. The second-order valence-electron chi connectivity index (χ2n) is 6.55. The van der Waals surface area contributed by atoms with Crippen molar-refractivity contribution in [3.05, 3.63) is 71.3 Å². The highest BCUT2D eigenvalue weighted by Crippen LogP contribution is 2.22. The average molecular weight is 325 g/mol. The number of carbonyl (C=O) groups excluding carboxylic acids is 1. The van der Waals surface area contributed by atoms with E-state index < -0.39 is 11.4 Å². The van der Waals surface area contributed by atoms with Crippen LogP contribution >= 0.6 is 0 Å². The van der Waals surface area contributed by atoms with Crippen molar-refractivity contribution in [3.8, 4) is 0 Å². The zero-order chi connectivity index (χ0) is 17.6. The predicted octanol–water partition coefficient (Wildman–Crippen LogP) is 3.31. The highest BCUT2D eigenvalue weighted by Gasteiger charge is 2.27. The molecule has 24 heavy (non-hydrogen) atoms. The van der Waals surface area contributed by atoms with Crippen LogP contribution in [0, 0.1) is 5.41 Å². The van der Waals surface area contributed by atoms with Gasteiger partial charge in [-0.3, -0.25) is 4.79 Å². The number of carbonyl (C=O) groups is 2. The molecule has 2 N–H and O–H groups in total. The SMILES string of the molecule is CC(C)(Cc1ccccc1)C(=O)NCCc1ccc(C(=O)O)cc1. The maximum atomic E-state index is 12.4. The fraction of sp³-hybridized carbons (Fsp3) is 0.300. The lowest BCUT2D eigenvalue weighted by atomic mass is 9.85. The van der Waals surface area contributed by atoms with Gasteiger partial charge in [-0.2, -0.15) is 0 Å². The topological polar surface area (TPSA) is 66.4 Å². The van der Waals surface area contributed by atoms with Gasteiger partial charge in [0.1, 0.15) is 0 Å². The normalized spacial score (nSPS) is 11.1. The van der Waals surface area contributed by atoms with Crippen LogP contribution in [0.1, 0.15) is 35.3 Å². The minimum Gasteiger partial charge on any atom is -0.478 e. The van der Waals surface area contributed by atoms with Crippen LogP contribution in [0.4, 0.5) is 0 Å². The van der Waals surface area contributed by atoms with Crippen LogP contribution in [-0.2, 0) is 17.6 Å². The van der Waals surface area contributed by atoms with Gasteiger partial charge in [0, 0.05) is 12.0 Å². The molecule has 4 heteroatoms. The third-order valence-electron chi connectivity index (χ3n) is 4.00. The lowest BCUT2D eigenvalue weighted by Gasteiger charge is -2.23. The van der Waals surface area contributed by atoms with Gasteiger partial charge in [0.2, 0.25) is 5.91 Å². The van der Waals surface area contributed by atoms with Crippen molar-refractivity contribution in [1.29, 1.82) is 0 Å². The molecule has 0 radical (unpaired) electrons. The van der Waals surface area contributed by atoms with Crippen molar-refractivity contribution in [2.75, 3.05) is 6.54 Å². The van der Waals surface area contributed by atoms with Crippen molar-refractivity contribution < 1.29 is 14.7 Å². The number of hydrogen-bond acceptors (Lipinski definition) is 2. The number of benzene rings is 2. The molecule has 0 spiro atoms. The predicted molar refractivity (Wildman–Crippen MR) is 94.0 cm³/mol. The van der Waals surface area contributed by atoms with Gasteiger partial charge >= 0.3 is 5.97 Å². The summed E-state index contributed by atoms with van der Waals surface area (Å²) in [6.45, 7) is 4.41. The van der Waals surface area contributed by atoms with Crippen molar-refractivity contribution >= 4 is 11.9 Å². The fourth-order valence-electron chi connectivity index (χ4n) is 2.56. The van der Waals surface area contributed by atoms with Crippen molar-refractivity contribution in [2.24, 2.45) is 5.41 Å². The van der Waals surface area contributed by atoms with E-state index in [-0.39, 0.29) is 11.5 Å². The van der Waals surface area contributed by atoms with Gasteiger partial charge in [0.25, 0.3) is 0 Å². The molecule has 0 atom stereocenters. The largest absolute Gasteiger partial charge is 0.478 e. The standard InChI is InChI=1S/C20H23NO3/c1-20(2,14-16-6-4-3-5-7-16)19(24)21-13-12-15-8-10-17(11-9-15)18(22)23/h3-11H,12-14H2,1-2H3,(H,21,24)(H,22,23). The highest BCUT2D eigenvalue weighted by atomic mass is 16.4. The number of nitrogens with one attached hydrogen (secondary N) is 1. The third kappa shape index (κ3) is 4.95. The third-order valence-corrected chi connectivity index (χ3v) is 4.00. The Labute approximate surface area is 142 Å². The molecule has 0 heterocycles. The molecule has 0 saturated carbocycles. The summed E-state index contributed by atoms with van der Waals surface area (Å²) in [5.41, 5.74) is 1.93. The van der Waals surface area contributed by atoms with Crippen LogP contribution in [0.3, 0.4) is 0 Å². The number of rotatable bonds is 7. The summed E-state index contributed by atoms with van der Waals surface area (Å²) < 4.78 is 0. The van der Waals surface area contributed by atoms with Crippen LogP contribution in [-0.4, -0.2) is 23.5 Å². The monoisotopic (exact) mass is 325 g/mol. The fourth-order valence-corrected chi connectivity index (χ4v) is 2.56. The van der Waals surface area contributed by atoms with E-state index in [2.05, 4.69) is 5.32 Å². The van der Waals surface area contributed by atoms with Gasteiger partial charge in [-0.25, -0.2) is 4.79 Å². The Morgan fingerprint density at radius 2 is 1.58 bits per heavy atom. The first-order valence-electron chi connectivity index (χ1n) is 8.03. The van der Waals surface area contributed by atoms with Crippen LogP contribution in [0.2, 0.25) is 0 Å². The molecule has 2 aromatic rings. The zero-order valence-corrected chi connectivity index (χ0v) is 14.1.